The van der Waals surface area contributed by atoms with Gasteiger partial charge in [-0.3, -0.25) is 4.90 Å². The molecule has 1 atom stereocenters. The molecule has 0 bridgehead atoms. The smallest absolute Gasteiger partial charge is 0.327 e. The van der Waals surface area contributed by atoms with Crippen LogP contribution in [0.1, 0.15) is 26.2 Å². The van der Waals surface area contributed by atoms with Gasteiger partial charge in [-0.25, -0.2) is 14.8 Å². The Labute approximate surface area is 187 Å². The van der Waals surface area contributed by atoms with Crippen molar-refractivity contribution in [1.29, 1.82) is 0 Å². The van der Waals surface area contributed by atoms with Crippen LogP contribution in [0.15, 0.2) is 53.4 Å². The average Bonchev–Trinajstić information content (AvgIpc) is 3.26. The van der Waals surface area contributed by atoms with Gasteiger partial charge >= 0.3 is 6.03 Å². The quantitative estimate of drug-likeness (QED) is 0.617. The van der Waals surface area contributed by atoms with Crippen molar-refractivity contribution in [2.45, 2.75) is 26.2 Å². The maximum atomic E-state index is 13.3. The summed E-state index contributed by atoms with van der Waals surface area (Å²) < 4.78 is 5.38. The van der Waals surface area contributed by atoms with Crippen LogP contribution in [0.4, 0.5) is 27.8 Å². The van der Waals surface area contributed by atoms with Gasteiger partial charge in [0.05, 0.1) is 11.9 Å². The number of aromatic nitrogens is 2. The lowest BCUT2D eigenvalue weighted by Gasteiger charge is -2.32. The molecule has 0 radical (unpaired) electrons. The van der Waals surface area contributed by atoms with Crippen molar-refractivity contribution in [3.05, 3.63) is 49.0 Å². The van der Waals surface area contributed by atoms with E-state index in [2.05, 4.69) is 33.5 Å². The van der Waals surface area contributed by atoms with E-state index < -0.39 is 0 Å². The molecule has 1 aromatic carbocycles. The number of oxazole rings is 1. The van der Waals surface area contributed by atoms with Crippen molar-refractivity contribution in [1.82, 2.24) is 9.97 Å². The predicted octanol–water partition coefficient (Wildman–Crippen LogP) is 4.83. The molecule has 2 N–H and O–H groups in total. The summed E-state index contributed by atoms with van der Waals surface area (Å²) in [6, 6.07) is 11.5. The van der Waals surface area contributed by atoms with Crippen molar-refractivity contribution < 1.29 is 9.21 Å². The summed E-state index contributed by atoms with van der Waals surface area (Å²) in [5.74, 6) is 2.93. The van der Waals surface area contributed by atoms with E-state index in [1.54, 1.807) is 11.1 Å². The summed E-state index contributed by atoms with van der Waals surface area (Å²) in [5.41, 5.74) is 2.45. The average molecular weight is 433 g/mol. The number of hydrogen-bond acceptors (Lipinski definition) is 6. The highest BCUT2D eigenvalue weighted by Crippen LogP contribution is 2.31. The van der Waals surface area contributed by atoms with Crippen molar-refractivity contribution >= 4 is 29.0 Å². The number of piperidine rings is 1. The fourth-order valence-electron chi connectivity index (χ4n) is 4.42. The molecular weight excluding hydrogens is 404 g/mol. The van der Waals surface area contributed by atoms with Crippen LogP contribution in [0, 0.1) is 5.92 Å². The third-order valence-electron chi connectivity index (χ3n) is 6.05. The van der Waals surface area contributed by atoms with Crippen LogP contribution in [-0.2, 0) is 0 Å². The number of hydrogen-bond donors (Lipinski definition) is 2. The van der Waals surface area contributed by atoms with E-state index in [4.69, 9.17) is 9.40 Å². The Bertz CT molecular complexity index is 1080. The third kappa shape index (κ3) is 4.26. The third-order valence-corrected chi connectivity index (χ3v) is 6.05. The lowest BCUT2D eigenvalue weighted by molar-refractivity contribution is 0.257. The normalized spacial score (nSPS) is 18.5. The standard InChI is InChI=1S/C24H28N6O2/c1-17-5-3-11-29(15-17)22-9-8-20-23(28-22)30(12-4-10-26-20)24(31)27-19-7-2-6-18(13-19)21-14-25-16-32-21/h2,6-9,13-14,16-17,26H,3-5,10-12,15H2,1H3,(H,27,31)/t17-/m0/s1. The number of benzene rings is 1. The van der Waals surface area contributed by atoms with Gasteiger partial charge in [0.2, 0.25) is 0 Å². The van der Waals surface area contributed by atoms with Crippen LogP contribution in [0.25, 0.3) is 11.3 Å². The fraction of sp³-hybridized carbons (Fsp3) is 0.375. The summed E-state index contributed by atoms with van der Waals surface area (Å²) in [7, 11) is 0. The van der Waals surface area contributed by atoms with Crippen molar-refractivity contribution in [2.75, 3.05) is 46.6 Å². The Morgan fingerprint density at radius 2 is 2.16 bits per heavy atom. The Hall–Kier alpha value is -3.55. The molecule has 2 aliphatic rings. The van der Waals surface area contributed by atoms with Gasteiger partial charge in [0, 0.05) is 37.4 Å². The molecule has 0 saturated carbocycles. The SMILES string of the molecule is C[C@H]1CCCN(c2ccc3c(n2)N(C(=O)Nc2cccc(-c4cnco4)c2)CCCN3)C1. The minimum absolute atomic E-state index is 0.193. The molecule has 32 heavy (non-hydrogen) atoms. The van der Waals surface area contributed by atoms with Crippen LogP contribution in [0.2, 0.25) is 0 Å². The number of amides is 2. The highest BCUT2D eigenvalue weighted by atomic mass is 16.3. The van der Waals surface area contributed by atoms with Gasteiger partial charge in [-0.15, -0.1) is 0 Å². The fourth-order valence-corrected chi connectivity index (χ4v) is 4.42. The van der Waals surface area contributed by atoms with E-state index >= 15 is 0 Å². The van der Waals surface area contributed by atoms with Gasteiger partial charge < -0.3 is 20.0 Å². The molecule has 8 heteroatoms. The Morgan fingerprint density at radius 1 is 1.22 bits per heavy atom. The van der Waals surface area contributed by atoms with E-state index in [1.807, 2.05) is 30.3 Å². The Balaban J connectivity index is 1.40. The molecule has 0 aliphatic carbocycles. The summed E-state index contributed by atoms with van der Waals surface area (Å²) in [4.78, 5) is 26.3. The van der Waals surface area contributed by atoms with E-state index in [-0.39, 0.29) is 6.03 Å². The second-order valence-corrected chi connectivity index (χ2v) is 8.54. The van der Waals surface area contributed by atoms with Crippen LogP contribution >= 0.6 is 0 Å². The summed E-state index contributed by atoms with van der Waals surface area (Å²) >= 11 is 0. The van der Waals surface area contributed by atoms with E-state index in [0.29, 0.717) is 29.7 Å². The number of pyridine rings is 1. The van der Waals surface area contributed by atoms with Crippen molar-refractivity contribution in [2.24, 2.45) is 5.92 Å². The minimum Gasteiger partial charge on any atom is -0.444 e. The van der Waals surface area contributed by atoms with Crippen LogP contribution < -0.4 is 20.4 Å². The molecule has 0 spiro atoms. The molecule has 2 amide bonds. The zero-order chi connectivity index (χ0) is 21.9. The first-order valence-electron chi connectivity index (χ1n) is 11.2. The maximum Gasteiger partial charge on any atom is 0.327 e. The largest absolute Gasteiger partial charge is 0.444 e. The monoisotopic (exact) mass is 432 g/mol. The highest BCUT2D eigenvalue weighted by Gasteiger charge is 2.25. The number of carbonyl (C=O) groups is 1. The van der Waals surface area contributed by atoms with Gasteiger partial charge in [0.1, 0.15) is 5.82 Å². The molecule has 4 heterocycles. The lowest BCUT2D eigenvalue weighted by Crippen LogP contribution is -2.37. The summed E-state index contributed by atoms with van der Waals surface area (Å²) in [5, 5.41) is 6.45. The van der Waals surface area contributed by atoms with Crippen LogP contribution in [0.3, 0.4) is 0 Å². The first-order valence-corrected chi connectivity index (χ1v) is 11.2. The predicted molar refractivity (Wildman–Crippen MR) is 126 cm³/mol. The first-order chi connectivity index (χ1) is 15.7. The number of fused-ring (bicyclic) bond motifs is 1. The van der Waals surface area contributed by atoms with Gasteiger partial charge in [-0.2, -0.15) is 0 Å². The zero-order valence-corrected chi connectivity index (χ0v) is 18.3. The zero-order valence-electron chi connectivity index (χ0n) is 18.3. The van der Waals surface area contributed by atoms with Crippen molar-refractivity contribution in [3.63, 3.8) is 0 Å². The van der Waals surface area contributed by atoms with E-state index in [9.17, 15) is 4.79 Å². The molecule has 1 saturated heterocycles. The minimum atomic E-state index is -0.193. The lowest BCUT2D eigenvalue weighted by atomic mass is 10.0. The number of urea groups is 1. The molecule has 5 rings (SSSR count). The summed E-state index contributed by atoms with van der Waals surface area (Å²) in [6.07, 6.45) is 6.32. The van der Waals surface area contributed by atoms with Gasteiger partial charge in [-0.05, 0) is 49.4 Å². The second-order valence-electron chi connectivity index (χ2n) is 8.54. The molecular formula is C24H28N6O2. The number of nitrogens with one attached hydrogen (secondary N) is 2. The van der Waals surface area contributed by atoms with Crippen molar-refractivity contribution in [3.8, 4) is 11.3 Å². The van der Waals surface area contributed by atoms with Crippen LogP contribution in [-0.4, -0.2) is 42.2 Å². The molecule has 2 aromatic heterocycles. The molecule has 3 aromatic rings. The summed E-state index contributed by atoms with van der Waals surface area (Å²) in [6.45, 7) is 5.69. The van der Waals surface area contributed by atoms with Crippen LogP contribution in [0.5, 0.6) is 0 Å². The second kappa shape index (κ2) is 8.90. The number of anilines is 4. The Kier molecular flexibility index (Phi) is 5.66. The van der Waals surface area contributed by atoms with E-state index in [0.717, 1.165) is 43.1 Å². The number of nitrogens with zero attached hydrogens (tertiary/aromatic N) is 4. The molecule has 8 nitrogen and oxygen atoms in total. The first kappa shape index (κ1) is 20.4. The number of carbonyl (C=O) groups excluding carboxylic acids is 1. The highest BCUT2D eigenvalue weighted by molar-refractivity contribution is 6.03. The topological polar surface area (TPSA) is 86.5 Å². The maximum absolute atomic E-state index is 13.3. The van der Waals surface area contributed by atoms with Gasteiger partial charge in [0.15, 0.2) is 18.0 Å². The molecule has 0 unspecified atom stereocenters. The molecule has 1 fully saturated rings. The molecule has 166 valence electrons. The Morgan fingerprint density at radius 3 is 3.00 bits per heavy atom. The molecule has 2 aliphatic heterocycles. The van der Waals surface area contributed by atoms with Gasteiger partial charge in [-0.1, -0.05) is 19.1 Å². The van der Waals surface area contributed by atoms with Gasteiger partial charge in [0.25, 0.3) is 0 Å². The number of rotatable bonds is 3. The van der Waals surface area contributed by atoms with E-state index in [1.165, 1.54) is 19.2 Å².